The number of ether oxygens (including phenoxy) is 4. The molecule has 45 heavy (non-hydrogen) atoms. The van der Waals surface area contributed by atoms with Crippen LogP contribution in [0, 0.1) is 10.1 Å². The van der Waals surface area contributed by atoms with Crippen molar-refractivity contribution < 1.29 is 45.4 Å². The van der Waals surface area contributed by atoms with Gasteiger partial charge in [0.1, 0.15) is 0 Å². The Hall–Kier alpha value is -5.09. The van der Waals surface area contributed by atoms with Crippen molar-refractivity contribution in [2.75, 3.05) is 21.0 Å². The summed E-state index contributed by atoms with van der Waals surface area (Å²) in [5.41, 5.74) is 8.61. The maximum atomic E-state index is 11.4. The molecule has 10 heteroatoms. The standard InChI is InChI=1S/C35H28N3O6.BrH/c1-41-31-10-8-25-27(14-20-5-3-4-6-24(20)30-15-22-13-23(38(39)40)7-9-29(22)36-30)34-26-17-33-32(43-19-44-33)16-21(26)11-12-37(34)18-28(25)35(31)42-2;/h3-10,13,15-18,36H,11-12,14,19H2,1-2H3;1H/q+1;/p-1. The normalized spacial score (nSPS) is 12.8. The number of hydrogen-bond donors (Lipinski definition) is 1. The zero-order chi connectivity index (χ0) is 29.9. The summed E-state index contributed by atoms with van der Waals surface area (Å²) in [5, 5.41) is 14.2. The first-order valence-electron chi connectivity index (χ1n) is 14.4. The van der Waals surface area contributed by atoms with Crippen LogP contribution >= 0.6 is 0 Å². The van der Waals surface area contributed by atoms with Crippen LogP contribution in [0.4, 0.5) is 5.69 Å². The number of aromatic amines is 1. The minimum atomic E-state index is -0.366. The number of nitro benzene ring substituents is 1. The highest BCUT2D eigenvalue weighted by Crippen LogP contribution is 2.44. The summed E-state index contributed by atoms with van der Waals surface area (Å²) in [5.74, 6) is 2.92. The Morgan fingerprint density at radius 1 is 0.933 bits per heavy atom. The quantitative estimate of drug-likeness (QED) is 0.165. The Labute approximate surface area is 268 Å². The van der Waals surface area contributed by atoms with Crippen LogP contribution in [-0.2, 0) is 19.4 Å². The van der Waals surface area contributed by atoms with Crippen LogP contribution in [0.2, 0.25) is 0 Å². The van der Waals surface area contributed by atoms with Crippen LogP contribution in [0.15, 0.2) is 79.0 Å². The molecule has 4 aromatic carbocycles. The summed E-state index contributed by atoms with van der Waals surface area (Å²) >= 11 is 0. The predicted octanol–water partition coefficient (Wildman–Crippen LogP) is 3.75. The molecule has 9 nitrogen and oxygen atoms in total. The Morgan fingerprint density at radius 3 is 2.56 bits per heavy atom. The van der Waals surface area contributed by atoms with Crippen LogP contribution in [-0.4, -0.2) is 30.9 Å². The van der Waals surface area contributed by atoms with Gasteiger partial charge in [0.05, 0.1) is 30.1 Å². The summed E-state index contributed by atoms with van der Waals surface area (Å²) in [6.07, 6.45) is 3.65. The van der Waals surface area contributed by atoms with E-state index in [1.807, 2.05) is 24.3 Å². The van der Waals surface area contributed by atoms with Gasteiger partial charge in [-0.1, -0.05) is 24.3 Å². The summed E-state index contributed by atoms with van der Waals surface area (Å²) < 4.78 is 25.4. The minimum Gasteiger partial charge on any atom is -1.00 e. The third-order valence-electron chi connectivity index (χ3n) is 8.73. The molecule has 0 aliphatic carbocycles. The van der Waals surface area contributed by atoms with Gasteiger partial charge in [0.15, 0.2) is 35.7 Å². The summed E-state index contributed by atoms with van der Waals surface area (Å²) in [7, 11) is 3.33. The highest BCUT2D eigenvalue weighted by Gasteiger charge is 2.32. The van der Waals surface area contributed by atoms with Crippen LogP contribution in [0.25, 0.3) is 44.2 Å². The van der Waals surface area contributed by atoms with E-state index >= 15 is 0 Å². The Balaban J connectivity index is 0.00000325. The van der Waals surface area contributed by atoms with E-state index in [2.05, 4.69) is 46.1 Å². The monoisotopic (exact) mass is 665 g/mol. The molecule has 0 atom stereocenters. The summed E-state index contributed by atoms with van der Waals surface area (Å²) in [6, 6.07) is 23.5. The second-order valence-corrected chi connectivity index (χ2v) is 11.1. The number of pyridine rings is 1. The fourth-order valence-electron chi connectivity index (χ4n) is 6.69. The number of nitro groups is 1. The Morgan fingerprint density at radius 2 is 1.76 bits per heavy atom. The topological polar surface area (TPSA) is 99.7 Å². The number of hydrogen-bond acceptors (Lipinski definition) is 6. The van der Waals surface area contributed by atoms with Crippen molar-refractivity contribution in [2.24, 2.45) is 0 Å². The van der Waals surface area contributed by atoms with Gasteiger partial charge in [-0.25, -0.2) is 0 Å². The molecular weight excluding hydrogens is 638 g/mol. The number of nitrogens with zero attached hydrogens (tertiary/aromatic N) is 2. The number of non-ortho nitro benzene ring substituents is 1. The highest BCUT2D eigenvalue weighted by atomic mass is 79.9. The van der Waals surface area contributed by atoms with Gasteiger partial charge in [-0.3, -0.25) is 10.1 Å². The average molecular weight is 667 g/mol. The molecule has 2 aliphatic rings. The lowest BCUT2D eigenvalue weighted by atomic mass is 9.87. The fourth-order valence-corrected chi connectivity index (χ4v) is 6.69. The molecule has 0 saturated heterocycles. The highest BCUT2D eigenvalue weighted by molar-refractivity contribution is 5.96. The van der Waals surface area contributed by atoms with Crippen molar-refractivity contribution in [3.8, 4) is 45.5 Å². The largest absolute Gasteiger partial charge is 1.00 e. The van der Waals surface area contributed by atoms with E-state index < -0.39 is 0 Å². The van der Waals surface area contributed by atoms with Crippen molar-refractivity contribution in [1.29, 1.82) is 0 Å². The average Bonchev–Trinajstić information content (AvgIpc) is 3.69. The number of methoxy groups -OCH3 is 2. The molecule has 2 aromatic heterocycles. The van der Waals surface area contributed by atoms with Gasteiger partial charge in [-0.15, -0.1) is 0 Å². The Kier molecular flexibility index (Phi) is 7.08. The molecule has 2 aliphatic heterocycles. The molecule has 0 unspecified atom stereocenters. The number of H-pyrrole nitrogens is 1. The molecule has 1 N–H and O–H groups in total. The number of halogens is 1. The number of benzene rings is 4. The first kappa shape index (κ1) is 28.7. The van der Waals surface area contributed by atoms with E-state index in [4.69, 9.17) is 18.9 Å². The van der Waals surface area contributed by atoms with Gasteiger partial charge in [0, 0.05) is 58.1 Å². The number of rotatable bonds is 6. The summed E-state index contributed by atoms with van der Waals surface area (Å²) in [4.78, 5) is 14.5. The first-order valence-corrected chi connectivity index (χ1v) is 14.4. The SMILES string of the molecule is COc1ccc2c(Cc3ccccc3-c3cc4cc([N+](=O)[O-])ccc4[nH]3)c3[n+](cc2c1OC)CCc1cc2c(cc1-3)OCO2.[Br-]. The van der Waals surface area contributed by atoms with E-state index in [9.17, 15) is 10.1 Å². The van der Waals surface area contributed by atoms with E-state index in [0.29, 0.717) is 17.9 Å². The smallest absolute Gasteiger partial charge is 0.270 e. The zero-order valence-corrected chi connectivity index (χ0v) is 26.1. The van der Waals surface area contributed by atoms with Gasteiger partial charge in [0.2, 0.25) is 12.5 Å². The van der Waals surface area contributed by atoms with Crippen molar-refractivity contribution in [1.82, 2.24) is 4.98 Å². The molecule has 0 bridgehead atoms. The van der Waals surface area contributed by atoms with Crippen LogP contribution in [0.1, 0.15) is 16.7 Å². The van der Waals surface area contributed by atoms with Crippen molar-refractivity contribution in [3.05, 3.63) is 106 Å². The Bertz CT molecular complexity index is 2160. The molecule has 226 valence electrons. The zero-order valence-electron chi connectivity index (χ0n) is 24.6. The maximum absolute atomic E-state index is 11.4. The van der Waals surface area contributed by atoms with E-state index in [0.717, 1.165) is 79.8 Å². The second-order valence-electron chi connectivity index (χ2n) is 11.1. The van der Waals surface area contributed by atoms with E-state index in [1.54, 1.807) is 26.4 Å². The van der Waals surface area contributed by atoms with Gasteiger partial charge >= 0.3 is 0 Å². The molecule has 0 saturated carbocycles. The number of nitrogens with one attached hydrogen (secondary N) is 1. The number of aryl methyl sites for hydroxylation is 2. The van der Waals surface area contributed by atoms with Crippen molar-refractivity contribution >= 4 is 27.4 Å². The molecule has 0 spiro atoms. The number of fused-ring (bicyclic) bond motifs is 6. The molecule has 0 radical (unpaired) electrons. The third-order valence-corrected chi connectivity index (χ3v) is 8.73. The maximum Gasteiger partial charge on any atom is 0.270 e. The van der Waals surface area contributed by atoms with E-state index in [-0.39, 0.29) is 34.4 Å². The fraction of sp³-hybridized carbons (Fsp3) is 0.171. The van der Waals surface area contributed by atoms with E-state index in [1.165, 1.54) is 11.6 Å². The van der Waals surface area contributed by atoms with Crippen molar-refractivity contribution in [3.63, 3.8) is 0 Å². The molecule has 0 fully saturated rings. The van der Waals surface area contributed by atoms with Crippen LogP contribution < -0.4 is 40.5 Å². The van der Waals surface area contributed by atoms with Gasteiger partial charge in [-0.2, -0.15) is 4.57 Å². The molecule has 6 aromatic rings. The lowest BCUT2D eigenvalue weighted by Crippen LogP contribution is -3.00. The second kappa shape index (κ2) is 11.1. The molecular formula is C35H28BrN3O6. The van der Waals surface area contributed by atoms with Gasteiger partial charge < -0.3 is 40.9 Å². The molecule has 0 amide bonds. The molecule has 4 heterocycles. The lowest BCUT2D eigenvalue weighted by molar-refractivity contribution is -0.686. The predicted molar refractivity (Wildman–Crippen MR) is 166 cm³/mol. The number of aromatic nitrogens is 2. The first-order chi connectivity index (χ1) is 21.5. The molecule has 8 rings (SSSR count). The summed E-state index contributed by atoms with van der Waals surface area (Å²) in [6.45, 7) is 1.02. The van der Waals surface area contributed by atoms with Gasteiger partial charge in [-0.05, 0) is 47.5 Å². The minimum absolute atomic E-state index is 0. The lowest BCUT2D eigenvalue weighted by Gasteiger charge is -2.21. The van der Waals surface area contributed by atoms with Crippen molar-refractivity contribution in [2.45, 2.75) is 19.4 Å². The van der Waals surface area contributed by atoms with Gasteiger partial charge in [0.25, 0.3) is 5.69 Å². The third kappa shape index (κ3) is 4.64. The van der Waals surface area contributed by atoms with Crippen LogP contribution in [0.3, 0.4) is 0 Å². The van der Waals surface area contributed by atoms with Crippen LogP contribution in [0.5, 0.6) is 23.0 Å².